The van der Waals surface area contributed by atoms with E-state index in [1.54, 1.807) is 7.05 Å². The summed E-state index contributed by atoms with van der Waals surface area (Å²) in [6.07, 6.45) is 4.59. The number of aliphatic imine (C=N–C) groups is 1. The van der Waals surface area contributed by atoms with Gasteiger partial charge in [-0.25, -0.2) is 0 Å². The van der Waals surface area contributed by atoms with Crippen LogP contribution in [-0.2, 0) is 9.53 Å². The van der Waals surface area contributed by atoms with Crippen LogP contribution in [0.5, 0.6) is 5.75 Å². The Morgan fingerprint density at radius 2 is 1.88 bits per heavy atom. The first-order chi connectivity index (χ1) is 12.7. The Balaban J connectivity index is 2.09. The number of nitrogens with zero attached hydrogens (tertiary/aromatic N) is 2. The largest absolute Gasteiger partial charge is 0.492 e. The lowest BCUT2D eigenvalue weighted by molar-refractivity contribution is -0.143. The molecule has 0 radical (unpaired) electrons. The molecule has 6 nitrogen and oxygen atoms in total. The van der Waals surface area contributed by atoms with Gasteiger partial charge in [-0.15, -0.1) is 0 Å². The van der Waals surface area contributed by atoms with Crippen LogP contribution in [-0.4, -0.2) is 57.2 Å². The van der Waals surface area contributed by atoms with Crippen molar-refractivity contribution in [2.45, 2.75) is 39.0 Å². The van der Waals surface area contributed by atoms with E-state index in [1.807, 2.05) is 44.3 Å². The van der Waals surface area contributed by atoms with Gasteiger partial charge in [0.2, 0.25) is 0 Å². The summed E-state index contributed by atoms with van der Waals surface area (Å²) in [7, 11) is 3.79. The number of benzene rings is 1. The number of para-hydroxylation sites is 1. The van der Waals surface area contributed by atoms with Gasteiger partial charge < -0.3 is 19.7 Å². The molecule has 0 atom stereocenters. The van der Waals surface area contributed by atoms with Crippen molar-refractivity contribution in [3.05, 3.63) is 30.3 Å². The summed E-state index contributed by atoms with van der Waals surface area (Å²) in [5.74, 6) is 1.66. The van der Waals surface area contributed by atoms with Crippen molar-refractivity contribution in [1.29, 1.82) is 0 Å². The topological polar surface area (TPSA) is 63.2 Å². The van der Waals surface area contributed by atoms with Gasteiger partial charge in [0.15, 0.2) is 5.96 Å². The molecule has 1 aromatic rings. The van der Waals surface area contributed by atoms with E-state index in [2.05, 4.69) is 15.2 Å². The molecule has 1 N–H and O–H groups in total. The summed E-state index contributed by atoms with van der Waals surface area (Å²) < 4.78 is 10.6. The van der Waals surface area contributed by atoms with Gasteiger partial charge in [0.05, 0.1) is 13.2 Å². The summed E-state index contributed by atoms with van der Waals surface area (Å²) in [4.78, 5) is 17.6. The fraction of sp³-hybridized carbons (Fsp3) is 0.600. The molecule has 6 heteroatoms. The number of guanidine groups is 1. The minimum atomic E-state index is -0.0922. The smallest absolute Gasteiger partial charge is 0.305 e. The molecule has 0 bridgehead atoms. The van der Waals surface area contributed by atoms with E-state index in [1.165, 1.54) is 0 Å². The first-order valence-corrected chi connectivity index (χ1v) is 9.42. The third kappa shape index (κ3) is 9.91. The molecular weight excluding hydrogens is 330 g/mol. The van der Waals surface area contributed by atoms with Crippen LogP contribution in [0.3, 0.4) is 0 Å². The van der Waals surface area contributed by atoms with Crippen LogP contribution in [0.4, 0.5) is 0 Å². The zero-order chi connectivity index (χ0) is 19.0. The van der Waals surface area contributed by atoms with Gasteiger partial charge >= 0.3 is 5.97 Å². The van der Waals surface area contributed by atoms with Crippen LogP contribution < -0.4 is 10.1 Å². The minimum Gasteiger partial charge on any atom is -0.492 e. The summed E-state index contributed by atoms with van der Waals surface area (Å²) >= 11 is 0. The predicted molar refractivity (Wildman–Crippen MR) is 106 cm³/mol. The third-order valence-corrected chi connectivity index (χ3v) is 3.91. The fourth-order valence-corrected chi connectivity index (χ4v) is 2.49. The number of nitrogens with one attached hydrogen (secondary N) is 1. The standard InChI is InChI=1S/C20H33N3O3/c1-4-25-19(24)14-10-5-6-11-15-22-20(21-2)23(3)16-17-26-18-12-8-7-9-13-18/h7-9,12-13H,4-6,10-11,14-17H2,1-3H3,(H,21,22). The van der Waals surface area contributed by atoms with E-state index in [4.69, 9.17) is 9.47 Å². The van der Waals surface area contributed by atoms with E-state index >= 15 is 0 Å². The minimum absolute atomic E-state index is 0.0922. The number of unbranched alkanes of at least 4 members (excludes halogenated alkanes) is 3. The molecule has 0 unspecified atom stereocenters. The molecule has 146 valence electrons. The second kappa shape index (κ2) is 14.0. The third-order valence-electron chi connectivity index (χ3n) is 3.91. The molecular formula is C20H33N3O3. The molecule has 0 aliphatic carbocycles. The van der Waals surface area contributed by atoms with Crippen molar-refractivity contribution < 1.29 is 14.3 Å². The zero-order valence-electron chi connectivity index (χ0n) is 16.4. The average Bonchev–Trinajstić information content (AvgIpc) is 2.65. The lowest BCUT2D eigenvalue weighted by Gasteiger charge is -2.22. The number of carbonyl (C=O) groups is 1. The second-order valence-corrected chi connectivity index (χ2v) is 6.03. The Morgan fingerprint density at radius 1 is 1.15 bits per heavy atom. The molecule has 0 aliphatic heterocycles. The molecule has 0 saturated carbocycles. The predicted octanol–water partition coefficient (Wildman–Crippen LogP) is 3.09. The highest BCUT2D eigenvalue weighted by Gasteiger charge is 2.05. The quantitative estimate of drug-likeness (QED) is 0.268. The van der Waals surface area contributed by atoms with Gasteiger partial charge in [-0.05, 0) is 31.9 Å². The van der Waals surface area contributed by atoms with Crippen LogP contribution in [0.15, 0.2) is 35.3 Å². The fourth-order valence-electron chi connectivity index (χ4n) is 2.49. The summed E-state index contributed by atoms with van der Waals surface area (Å²) in [6.45, 7) is 4.53. The number of ether oxygens (including phenoxy) is 2. The van der Waals surface area contributed by atoms with Crippen LogP contribution >= 0.6 is 0 Å². The number of likely N-dealkylation sites (N-methyl/N-ethyl adjacent to an activating group) is 1. The maximum Gasteiger partial charge on any atom is 0.305 e. The van der Waals surface area contributed by atoms with Gasteiger partial charge in [-0.2, -0.15) is 0 Å². The highest BCUT2D eigenvalue weighted by molar-refractivity contribution is 5.79. The Labute approximate surface area is 157 Å². The van der Waals surface area contributed by atoms with Gasteiger partial charge in [0, 0.05) is 27.1 Å². The van der Waals surface area contributed by atoms with E-state index in [0.29, 0.717) is 19.6 Å². The molecule has 1 aromatic carbocycles. The molecule has 0 aromatic heterocycles. The monoisotopic (exact) mass is 363 g/mol. The molecule has 0 fully saturated rings. The number of carbonyl (C=O) groups excluding carboxylic acids is 1. The van der Waals surface area contributed by atoms with Crippen molar-refractivity contribution >= 4 is 11.9 Å². The van der Waals surface area contributed by atoms with Gasteiger partial charge in [-0.1, -0.05) is 31.0 Å². The van der Waals surface area contributed by atoms with Crippen LogP contribution in [0.2, 0.25) is 0 Å². The van der Waals surface area contributed by atoms with E-state index in [9.17, 15) is 4.79 Å². The number of hydrogen-bond donors (Lipinski definition) is 1. The van der Waals surface area contributed by atoms with E-state index in [-0.39, 0.29) is 5.97 Å². The highest BCUT2D eigenvalue weighted by Crippen LogP contribution is 2.08. The van der Waals surface area contributed by atoms with E-state index in [0.717, 1.165) is 50.5 Å². The average molecular weight is 364 g/mol. The van der Waals surface area contributed by atoms with Crippen molar-refractivity contribution in [2.75, 3.05) is 40.4 Å². The van der Waals surface area contributed by atoms with Crippen molar-refractivity contribution in [3.63, 3.8) is 0 Å². The second-order valence-electron chi connectivity index (χ2n) is 6.03. The Morgan fingerprint density at radius 3 is 2.58 bits per heavy atom. The highest BCUT2D eigenvalue weighted by atomic mass is 16.5. The first-order valence-electron chi connectivity index (χ1n) is 9.42. The Bertz CT molecular complexity index is 520. The van der Waals surface area contributed by atoms with Gasteiger partial charge in [0.1, 0.15) is 12.4 Å². The summed E-state index contributed by atoms with van der Waals surface area (Å²) in [5.41, 5.74) is 0. The van der Waals surface area contributed by atoms with Gasteiger partial charge in [-0.3, -0.25) is 9.79 Å². The molecule has 0 aliphatic rings. The first kappa shape index (κ1) is 21.8. The van der Waals surface area contributed by atoms with E-state index < -0.39 is 0 Å². The molecule has 1 rings (SSSR count). The number of rotatable bonds is 12. The van der Waals surface area contributed by atoms with Crippen molar-refractivity contribution in [3.8, 4) is 5.75 Å². The Hall–Kier alpha value is -2.24. The van der Waals surface area contributed by atoms with Crippen molar-refractivity contribution in [2.24, 2.45) is 4.99 Å². The molecule has 0 saturated heterocycles. The lowest BCUT2D eigenvalue weighted by atomic mass is 10.1. The Kier molecular flexibility index (Phi) is 11.7. The molecule has 0 amide bonds. The normalized spacial score (nSPS) is 11.1. The molecule has 0 spiro atoms. The zero-order valence-corrected chi connectivity index (χ0v) is 16.4. The molecule has 26 heavy (non-hydrogen) atoms. The number of hydrogen-bond acceptors (Lipinski definition) is 4. The van der Waals surface area contributed by atoms with Crippen molar-refractivity contribution in [1.82, 2.24) is 10.2 Å². The van der Waals surface area contributed by atoms with Crippen LogP contribution in [0, 0.1) is 0 Å². The maximum absolute atomic E-state index is 11.2. The van der Waals surface area contributed by atoms with Crippen LogP contribution in [0.1, 0.15) is 39.0 Å². The molecule has 0 heterocycles. The van der Waals surface area contributed by atoms with Gasteiger partial charge in [0.25, 0.3) is 0 Å². The summed E-state index contributed by atoms with van der Waals surface area (Å²) in [6, 6.07) is 9.81. The van der Waals surface area contributed by atoms with Crippen LogP contribution in [0.25, 0.3) is 0 Å². The number of esters is 1. The maximum atomic E-state index is 11.2. The lowest BCUT2D eigenvalue weighted by Crippen LogP contribution is -2.41. The SMILES string of the molecule is CCOC(=O)CCCCCCNC(=NC)N(C)CCOc1ccccc1. The summed E-state index contributed by atoms with van der Waals surface area (Å²) in [5, 5.41) is 3.37.